The molecule has 0 N–H and O–H groups in total. The van der Waals surface area contributed by atoms with Gasteiger partial charge in [0.25, 0.3) is 0 Å². The summed E-state index contributed by atoms with van der Waals surface area (Å²) in [5.74, 6) is 0.279. The van der Waals surface area contributed by atoms with Gasteiger partial charge in [0.15, 0.2) is 0 Å². The maximum absolute atomic E-state index is 12.5. The van der Waals surface area contributed by atoms with Gasteiger partial charge in [-0.3, -0.25) is 13.9 Å². The van der Waals surface area contributed by atoms with Gasteiger partial charge in [0.2, 0.25) is 21.8 Å². The Morgan fingerprint density at radius 3 is 2.00 bits per heavy atom. The first kappa shape index (κ1) is 21.2. The van der Waals surface area contributed by atoms with Gasteiger partial charge >= 0.3 is 0 Å². The van der Waals surface area contributed by atoms with Crippen molar-refractivity contribution >= 4 is 27.5 Å². The molecule has 150 valence electrons. The number of nitrogens with zero attached hydrogens (tertiary/aromatic N) is 3. The number of anilines is 1. The number of sulfonamides is 1. The van der Waals surface area contributed by atoms with Crippen molar-refractivity contribution in [1.82, 2.24) is 9.80 Å². The summed E-state index contributed by atoms with van der Waals surface area (Å²) < 4.78 is 25.7. The van der Waals surface area contributed by atoms with E-state index in [1.54, 1.807) is 21.9 Å². The third-order valence-corrected chi connectivity index (χ3v) is 6.05. The highest BCUT2D eigenvalue weighted by Crippen LogP contribution is 2.22. The first-order chi connectivity index (χ1) is 12.6. The van der Waals surface area contributed by atoms with Crippen molar-refractivity contribution in [1.29, 1.82) is 0 Å². The van der Waals surface area contributed by atoms with Crippen molar-refractivity contribution in [2.45, 2.75) is 33.1 Å². The average molecular weight is 396 g/mol. The van der Waals surface area contributed by atoms with Gasteiger partial charge in [0, 0.05) is 46.1 Å². The molecule has 1 fully saturated rings. The van der Waals surface area contributed by atoms with Crippen LogP contribution in [0.3, 0.4) is 0 Å². The average Bonchev–Trinajstić information content (AvgIpc) is 2.61. The van der Waals surface area contributed by atoms with E-state index in [2.05, 4.69) is 13.8 Å². The minimum Gasteiger partial charge on any atom is -0.339 e. The molecule has 1 aliphatic rings. The smallest absolute Gasteiger partial charge is 0.232 e. The summed E-state index contributed by atoms with van der Waals surface area (Å²) >= 11 is 0. The highest BCUT2D eigenvalue weighted by atomic mass is 32.2. The van der Waals surface area contributed by atoms with Gasteiger partial charge < -0.3 is 9.80 Å². The standard InChI is InChI=1S/C19H29N3O4S/c1-15(2)17-5-7-18(8-6-17)22(27(4,25)26)10-9-19(24)21-13-11-20(12-14-21)16(3)23/h5-8,15H,9-14H2,1-4H3. The molecule has 0 radical (unpaired) electrons. The molecule has 0 aliphatic carbocycles. The Morgan fingerprint density at radius 2 is 1.56 bits per heavy atom. The van der Waals surface area contributed by atoms with Gasteiger partial charge in [-0.15, -0.1) is 0 Å². The molecular formula is C19H29N3O4S. The second-order valence-electron chi connectivity index (χ2n) is 7.22. The molecule has 27 heavy (non-hydrogen) atoms. The highest BCUT2D eigenvalue weighted by molar-refractivity contribution is 7.92. The van der Waals surface area contributed by atoms with E-state index in [1.165, 1.54) is 11.2 Å². The molecule has 0 aromatic heterocycles. The molecule has 8 heteroatoms. The van der Waals surface area contributed by atoms with Gasteiger partial charge in [-0.2, -0.15) is 0 Å². The van der Waals surface area contributed by atoms with Crippen LogP contribution in [0.4, 0.5) is 5.69 Å². The molecule has 0 bridgehead atoms. The van der Waals surface area contributed by atoms with Crippen LogP contribution in [0.1, 0.15) is 38.7 Å². The number of hydrogen-bond donors (Lipinski definition) is 0. The quantitative estimate of drug-likeness (QED) is 0.734. The Morgan fingerprint density at radius 1 is 1.04 bits per heavy atom. The minimum absolute atomic E-state index is 0.00944. The lowest BCUT2D eigenvalue weighted by Crippen LogP contribution is -2.50. The van der Waals surface area contributed by atoms with Gasteiger partial charge in [-0.05, 0) is 23.6 Å². The Bertz CT molecular complexity index is 767. The molecule has 7 nitrogen and oxygen atoms in total. The summed E-state index contributed by atoms with van der Waals surface area (Å²) in [6.45, 7) is 7.79. The zero-order valence-electron chi connectivity index (χ0n) is 16.5. The summed E-state index contributed by atoms with van der Waals surface area (Å²) in [6.07, 6.45) is 1.26. The summed E-state index contributed by atoms with van der Waals surface area (Å²) in [6, 6.07) is 7.40. The number of benzene rings is 1. The summed E-state index contributed by atoms with van der Waals surface area (Å²) in [7, 11) is -3.49. The Hall–Kier alpha value is -2.09. The maximum atomic E-state index is 12.5. The first-order valence-electron chi connectivity index (χ1n) is 9.20. The number of rotatable bonds is 6. The van der Waals surface area contributed by atoms with E-state index in [0.29, 0.717) is 37.8 Å². The topological polar surface area (TPSA) is 78.0 Å². The van der Waals surface area contributed by atoms with Crippen molar-refractivity contribution in [2.24, 2.45) is 0 Å². The summed E-state index contributed by atoms with van der Waals surface area (Å²) in [5.41, 5.74) is 1.70. The first-order valence-corrected chi connectivity index (χ1v) is 11.1. The highest BCUT2D eigenvalue weighted by Gasteiger charge is 2.24. The van der Waals surface area contributed by atoms with Gasteiger partial charge in [-0.25, -0.2) is 8.42 Å². The van der Waals surface area contributed by atoms with Crippen LogP contribution in [0, 0.1) is 0 Å². The molecule has 2 rings (SSSR count). The summed E-state index contributed by atoms with van der Waals surface area (Å²) in [4.78, 5) is 27.3. The number of carbonyl (C=O) groups is 2. The van der Waals surface area contributed by atoms with Crippen molar-refractivity contribution in [2.75, 3.05) is 43.3 Å². The van der Waals surface area contributed by atoms with Crippen LogP contribution in [-0.4, -0.2) is 69.0 Å². The van der Waals surface area contributed by atoms with E-state index in [4.69, 9.17) is 0 Å². The minimum atomic E-state index is -3.49. The predicted molar refractivity (Wildman–Crippen MR) is 106 cm³/mol. The van der Waals surface area contributed by atoms with Crippen molar-refractivity contribution in [3.8, 4) is 0 Å². The normalized spacial score (nSPS) is 15.1. The van der Waals surface area contributed by atoms with E-state index in [9.17, 15) is 18.0 Å². The monoisotopic (exact) mass is 395 g/mol. The number of piperazine rings is 1. The molecule has 1 aromatic rings. The zero-order chi connectivity index (χ0) is 20.2. The fraction of sp³-hybridized carbons (Fsp3) is 0.579. The molecule has 0 saturated carbocycles. The van der Waals surface area contributed by atoms with E-state index in [-0.39, 0.29) is 24.8 Å². The molecule has 1 saturated heterocycles. The van der Waals surface area contributed by atoms with Crippen molar-refractivity contribution < 1.29 is 18.0 Å². The lowest BCUT2D eigenvalue weighted by molar-refractivity contribution is -0.138. The fourth-order valence-electron chi connectivity index (χ4n) is 3.14. The van der Waals surface area contributed by atoms with Crippen molar-refractivity contribution in [3.63, 3.8) is 0 Å². The molecule has 0 unspecified atom stereocenters. The Balaban J connectivity index is 2.01. The molecule has 0 spiro atoms. The molecule has 0 atom stereocenters. The maximum Gasteiger partial charge on any atom is 0.232 e. The molecule has 1 heterocycles. The SMILES string of the molecule is CC(=O)N1CCN(C(=O)CCN(c2ccc(C(C)C)cc2)S(C)(=O)=O)CC1. The molecule has 2 amide bonds. The van der Waals surface area contributed by atoms with Crippen LogP contribution in [0.15, 0.2) is 24.3 Å². The zero-order valence-corrected chi connectivity index (χ0v) is 17.3. The lowest BCUT2D eigenvalue weighted by atomic mass is 10.0. The number of amides is 2. The van der Waals surface area contributed by atoms with Crippen LogP contribution in [0.25, 0.3) is 0 Å². The van der Waals surface area contributed by atoms with E-state index in [0.717, 1.165) is 11.8 Å². The van der Waals surface area contributed by atoms with Gasteiger partial charge in [0.05, 0.1) is 11.9 Å². The Labute approximate surface area is 162 Å². The Kier molecular flexibility index (Phi) is 6.86. The van der Waals surface area contributed by atoms with Gasteiger partial charge in [0.1, 0.15) is 0 Å². The van der Waals surface area contributed by atoms with Crippen molar-refractivity contribution in [3.05, 3.63) is 29.8 Å². The third kappa shape index (κ3) is 5.69. The van der Waals surface area contributed by atoms with E-state index in [1.807, 2.05) is 12.1 Å². The second kappa shape index (κ2) is 8.73. The van der Waals surface area contributed by atoms with Gasteiger partial charge in [-0.1, -0.05) is 26.0 Å². The van der Waals surface area contributed by atoms with Crippen LogP contribution in [-0.2, 0) is 19.6 Å². The largest absolute Gasteiger partial charge is 0.339 e. The number of carbonyl (C=O) groups excluding carboxylic acids is 2. The molecule has 1 aliphatic heterocycles. The number of hydrogen-bond acceptors (Lipinski definition) is 4. The molecular weight excluding hydrogens is 366 g/mol. The fourth-order valence-corrected chi connectivity index (χ4v) is 4.07. The summed E-state index contributed by atoms with van der Waals surface area (Å²) in [5, 5.41) is 0. The van der Waals surface area contributed by atoms with E-state index < -0.39 is 10.0 Å². The second-order valence-corrected chi connectivity index (χ2v) is 9.13. The van der Waals surface area contributed by atoms with Crippen LogP contribution >= 0.6 is 0 Å². The molecule has 1 aromatic carbocycles. The van der Waals surface area contributed by atoms with Crippen LogP contribution in [0.5, 0.6) is 0 Å². The van der Waals surface area contributed by atoms with Crippen LogP contribution in [0.2, 0.25) is 0 Å². The van der Waals surface area contributed by atoms with Crippen LogP contribution < -0.4 is 4.31 Å². The van der Waals surface area contributed by atoms with E-state index >= 15 is 0 Å². The third-order valence-electron chi connectivity index (χ3n) is 4.85. The predicted octanol–water partition coefficient (Wildman–Crippen LogP) is 1.66. The lowest BCUT2D eigenvalue weighted by Gasteiger charge is -2.34.